The van der Waals surface area contributed by atoms with E-state index in [1.54, 1.807) is 0 Å². The average Bonchev–Trinajstić information content (AvgIpc) is 1.65. The summed E-state index contributed by atoms with van der Waals surface area (Å²) in [6.45, 7) is 0. The minimum absolute atomic E-state index is 0. The van der Waals surface area contributed by atoms with Crippen molar-refractivity contribution in [2.24, 2.45) is 11.5 Å². The van der Waals surface area contributed by atoms with Crippen LogP contribution in [0.4, 0.5) is 0 Å². The fourth-order valence-electron chi connectivity index (χ4n) is 1.21. The van der Waals surface area contributed by atoms with Gasteiger partial charge < -0.3 is 17.6 Å². The minimum Gasteiger partial charge on any atom is -0.344 e. The van der Waals surface area contributed by atoms with Crippen LogP contribution < -0.4 is 17.6 Å². The van der Waals surface area contributed by atoms with E-state index in [0.29, 0.717) is 0 Å². The summed E-state index contributed by atoms with van der Waals surface area (Å²) >= 11 is 0. The topological polar surface area (TPSA) is 87.0 Å². The predicted octanol–water partition coefficient (Wildman–Crippen LogP) is 1.15. The molecule has 0 heterocycles. The highest BCUT2D eigenvalue weighted by Gasteiger charge is 2.21. The van der Waals surface area contributed by atoms with Gasteiger partial charge in [-0.15, -0.1) is 12.4 Å². The van der Waals surface area contributed by atoms with Crippen LogP contribution in [0.2, 0.25) is 0 Å². The molecule has 7 N–H and O–H groups in total. The van der Waals surface area contributed by atoms with Crippen molar-refractivity contribution in [1.29, 1.82) is 0 Å². The summed E-state index contributed by atoms with van der Waals surface area (Å²) in [6.07, 6.45) is 5.76. The molecule has 0 aromatic heterocycles. The Morgan fingerprint density at radius 2 is 1.30 bits per heavy atom. The first-order chi connectivity index (χ1) is 3.71. The van der Waals surface area contributed by atoms with Crippen LogP contribution in [0.3, 0.4) is 0 Å². The van der Waals surface area contributed by atoms with Gasteiger partial charge in [-0.25, -0.2) is 0 Å². The molecule has 3 nitrogen and oxygen atoms in total. The largest absolute Gasteiger partial charge is 0.344 e. The van der Waals surface area contributed by atoms with E-state index in [9.17, 15) is 0 Å². The lowest BCUT2D eigenvalue weighted by Gasteiger charge is -2.28. The zero-order valence-electron chi connectivity index (χ0n) is 6.31. The monoisotopic (exact) mass is 167 g/mol. The fourth-order valence-corrected chi connectivity index (χ4v) is 1.21. The molecule has 1 saturated carbocycles. The summed E-state index contributed by atoms with van der Waals surface area (Å²) in [6, 6.07) is 0. The van der Waals surface area contributed by atoms with Crippen LogP contribution in [0.15, 0.2) is 0 Å². The van der Waals surface area contributed by atoms with E-state index >= 15 is 0 Å². The van der Waals surface area contributed by atoms with Gasteiger partial charge in [-0.05, 0) is 12.8 Å². The van der Waals surface area contributed by atoms with E-state index in [1.807, 2.05) is 0 Å². The van der Waals surface area contributed by atoms with E-state index in [0.717, 1.165) is 12.8 Å². The Labute approximate surface area is 68.5 Å². The number of hydrogen-bond acceptors (Lipinski definition) is 3. The average molecular weight is 168 g/mol. The lowest BCUT2D eigenvalue weighted by molar-refractivity contribution is 0.306. The Morgan fingerprint density at radius 1 is 0.900 bits per heavy atom. The number of nitrogens with two attached hydrogens (primary N) is 2. The normalized spacial score (nSPS) is 22.2. The molecular weight excluding hydrogens is 150 g/mol. The highest BCUT2D eigenvalue weighted by atomic mass is 35.5. The maximum atomic E-state index is 5.66. The summed E-state index contributed by atoms with van der Waals surface area (Å²) in [5.74, 6) is 0. The van der Waals surface area contributed by atoms with Gasteiger partial charge in [0.2, 0.25) is 0 Å². The maximum Gasteiger partial charge on any atom is 0.0636 e. The molecule has 0 aromatic carbocycles. The van der Waals surface area contributed by atoms with Gasteiger partial charge in [0.1, 0.15) is 0 Å². The highest BCUT2D eigenvalue weighted by Crippen LogP contribution is 2.20. The van der Waals surface area contributed by atoms with Gasteiger partial charge in [0.25, 0.3) is 0 Å². The highest BCUT2D eigenvalue weighted by molar-refractivity contribution is 5.85. The van der Waals surface area contributed by atoms with E-state index in [1.165, 1.54) is 19.3 Å². The fraction of sp³-hybridized carbons (Fsp3) is 1.00. The molecule has 0 atom stereocenters. The van der Waals surface area contributed by atoms with Crippen LogP contribution in [-0.2, 0) is 0 Å². The van der Waals surface area contributed by atoms with Crippen LogP contribution >= 0.6 is 12.4 Å². The zero-order valence-corrected chi connectivity index (χ0v) is 7.12. The molecule has 10 heavy (non-hydrogen) atoms. The van der Waals surface area contributed by atoms with Crippen molar-refractivity contribution < 1.29 is 0 Å². The Morgan fingerprint density at radius 3 is 1.50 bits per heavy atom. The molecule has 0 unspecified atom stereocenters. The van der Waals surface area contributed by atoms with Crippen LogP contribution in [0, 0.1) is 0 Å². The number of rotatable bonds is 0. The summed E-state index contributed by atoms with van der Waals surface area (Å²) in [4.78, 5) is 0. The van der Waals surface area contributed by atoms with E-state index in [4.69, 9.17) is 11.5 Å². The maximum absolute atomic E-state index is 5.66. The third kappa shape index (κ3) is 4.06. The molecule has 0 bridgehead atoms. The van der Waals surface area contributed by atoms with Crippen LogP contribution in [0.1, 0.15) is 32.1 Å². The van der Waals surface area contributed by atoms with Gasteiger partial charge in [-0.3, -0.25) is 0 Å². The summed E-state index contributed by atoms with van der Waals surface area (Å²) in [7, 11) is 0. The molecular formula is C6H18ClN3. The second-order valence-electron chi connectivity index (χ2n) is 2.79. The van der Waals surface area contributed by atoms with Crippen LogP contribution in [0.5, 0.6) is 0 Å². The first-order valence-corrected chi connectivity index (χ1v) is 3.28. The van der Waals surface area contributed by atoms with Gasteiger partial charge in [0.15, 0.2) is 0 Å². The molecule has 0 radical (unpaired) electrons. The quantitative estimate of drug-likeness (QED) is 0.473. The summed E-state index contributed by atoms with van der Waals surface area (Å²) in [5.41, 5.74) is 11.0. The van der Waals surface area contributed by atoms with Crippen LogP contribution in [0.25, 0.3) is 0 Å². The van der Waals surface area contributed by atoms with Crippen molar-refractivity contribution in [3.8, 4) is 0 Å². The molecule has 1 rings (SSSR count). The first kappa shape index (κ1) is 12.8. The molecule has 1 aliphatic carbocycles. The third-order valence-corrected chi connectivity index (χ3v) is 1.78. The van der Waals surface area contributed by atoms with Crippen molar-refractivity contribution in [2.45, 2.75) is 37.8 Å². The lowest BCUT2D eigenvalue weighted by atomic mass is 9.91. The molecule has 0 aromatic rings. The first-order valence-electron chi connectivity index (χ1n) is 3.28. The van der Waals surface area contributed by atoms with Gasteiger partial charge in [0.05, 0.1) is 5.66 Å². The second kappa shape index (κ2) is 4.91. The summed E-state index contributed by atoms with van der Waals surface area (Å²) in [5, 5.41) is 0. The molecule has 0 spiro atoms. The third-order valence-electron chi connectivity index (χ3n) is 1.78. The Kier molecular flexibility index (Phi) is 6.29. The second-order valence-corrected chi connectivity index (χ2v) is 2.79. The minimum atomic E-state index is -0.321. The number of halogens is 1. The standard InChI is InChI=1S/C6H14N2.ClH.H3N/c7-6(8)4-2-1-3-5-6;;/h1-5,7-8H2;1H;1H3. The molecule has 1 aliphatic rings. The van der Waals surface area contributed by atoms with E-state index in [-0.39, 0.29) is 24.2 Å². The van der Waals surface area contributed by atoms with Crippen molar-refractivity contribution in [2.75, 3.05) is 0 Å². The van der Waals surface area contributed by atoms with Crippen molar-refractivity contribution in [3.05, 3.63) is 0 Å². The van der Waals surface area contributed by atoms with Gasteiger partial charge >= 0.3 is 0 Å². The molecule has 4 heteroatoms. The summed E-state index contributed by atoms with van der Waals surface area (Å²) < 4.78 is 0. The molecule has 0 saturated heterocycles. The number of hydrogen-bond donors (Lipinski definition) is 3. The lowest BCUT2D eigenvalue weighted by Crippen LogP contribution is -2.50. The van der Waals surface area contributed by atoms with Crippen LogP contribution in [-0.4, -0.2) is 5.66 Å². The Bertz CT molecular complexity index is 77.1. The van der Waals surface area contributed by atoms with E-state index in [2.05, 4.69) is 0 Å². The molecule has 1 fully saturated rings. The SMILES string of the molecule is Cl.N.NC1(N)CCCCC1. The molecule has 64 valence electrons. The predicted molar refractivity (Wildman–Crippen MR) is 46.5 cm³/mol. The van der Waals surface area contributed by atoms with E-state index < -0.39 is 0 Å². The van der Waals surface area contributed by atoms with Gasteiger partial charge in [0, 0.05) is 0 Å². The molecule has 0 amide bonds. The molecule has 0 aliphatic heterocycles. The smallest absolute Gasteiger partial charge is 0.0636 e. The van der Waals surface area contributed by atoms with Gasteiger partial charge in [-0.1, -0.05) is 19.3 Å². The Hall–Kier alpha value is 0.170. The van der Waals surface area contributed by atoms with Crippen molar-refractivity contribution in [3.63, 3.8) is 0 Å². The zero-order chi connectivity index (χ0) is 6.04. The van der Waals surface area contributed by atoms with Crippen molar-refractivity contribution in [1.82, 2.24) is 6.15 Å². The van der Waals surface area contributed by atoms with Gasteiger partial charge in [-0.2, -0.15) is 0 Å². The Balaban J connectivity index is 0. The van der Waals surface area contributed by atoms with Crippen molar-refractivity contribution >= 4 is 12.4 Å².